The minimum absolute atomic E-state index is 0.102. The number of aromatic nitrogens is 3. The van der Waals surface area contributed by atoms with Gasteiger partial charge >= 0.3 is 0 Å². The maximum absolute atomic E-state index is 12.3. The summed E-state index contributed by atoms with van der Waals surface area (Å²) in [5.41, 5.74) is 1.31. The Hall–Kier alpha value is -2.06. The van der Waals surface area contributed by atoms with Gasteiger partial charge in [-0.3, -0.25) is 14.3 Å². The molecule has 0 amide bonds. The molecule has 0 N–H and O–H groups in total. The summed E-state index contributed by atoms with van der Waals surface area (Å²) in [7, 11) is -3.12. The van der Waals surface area contributed by atoms with E-state index >= 15 is 0 Å². The van der Waals surface area contributed by atoms with Gasteiger partial charge in [0.2, 0.25) is 10.0 Å². The summed E-state index contributed by atoms with van der Waals surface area (Å²) in [6.45, 7) is 1.59. The highest BCUT2D eigenvalue weighted by Crippen LogP contribution is 2.20. The van der Waals surface area contributed by atoms with E-state index in [1.165, 1.54) is 16.6 Å². The number of hydrogen-bond acceptors (Lipinski definition) is 5. The lowest BCUT2D eigenvalue weighted by Gasteiger charge is -2.30. The Bertz CT molecular complexity index is 856. The van der Waals surface area contributed by atoms with Crippen LogP contribution in [0.4, 0.5) is 0 Å². The number of pyridine rings is 1. The first kappa shape index (κ1) is 16.8. The van der Waals surface area contributed by atoms with Crippen LogP contribution in [0.25, 0.3) is 11.3 Å². The third kappa shape index (κ3) is 3.88. The number of rotatable bonds is 4. The molecular formula is C16H20N4O3S. The van der Waals surface area contributed by atoms with Gasteiger partial charge < -0.3 is 0 Å². The fourth-order valence-electron chi connectivity index (χ4n) is 2.94. The zero-order valence-electron chi connectivity index (χ0n) is 13.5. The monoisotopic (exact) mass is 348 g/mol. The van der Waals surface area contributed by atoms with Crippen LogP contribution in [-0.4, -0.2) is 46.6 Å². The van der Waals surface area contributed by atoms with E-state index in [9.17, 15) is 13.2 Å². The summed E-state index contributed by atoms with van der Waals surface area (Å²) in [6.07, 6.45) is 7.65. The van der Waals surface area contributed by atoms with Gasteiger partial charge in [0, 0.05) is 43.7 Å². The molecule has 0 spiro atoms. The van der Waals surface area contributed by atoms with Crippen molar-refractivity contribution in [1.29, 1.82) is 0 Å². The maximum Gasteiger partial charge on any atom is 0.253 e. The van der Waals surface area contributed by atoms with Gasteiger partial charge in [-0.15, -0.1) is 0 Å². The van der Waals surface area contributed by atoms with Crippen LogP contribution in [0.15, 0.2) is 41.7 Å². The molecule has 128 valence electrons. The Labute approximate surface area is 141 Å². The maximum atomic E-state index is 12.3. The molecule has 0 aliphatic carbocycles. The van der Waals surface area contributed by atoms with Crippen LogP contribution in [0.5, 0.6) is 0 Å². The fourth-order valence-corrected chi connectivity index (χ4v) is 3.81. The molecule has 8 heteroatoms. The van der Waals surface area contributed by atoms with Gasteiger partial charge in [0.15, 0.2) is 0 Å². The zero-order chi connectivity index (χ0) is 17.2. The van der Waals surface area contributed by atoms with Gasteiger partial charge in [0.05, 0.1) is 18.3 Å². The average Bonchev–Trinajstić information content (AvgIpc) is 2.57. The smallest absolute Gasteiger partial charge is 0.253 e. The van der Waals surface area contributed by atoms with E-state index in [0.29, 0.717) is 25.3 Å². The summed E-state index contributed by atoms with van der Waals surface area (Å²) in [5, 5.41) is 0. The zero-order valence-corrected chi connectivity index (χ0v) is 14.3. The van der Waals surface area contributed by atoms with Crippen molar-refractivity contribution in [3.63, 3.8) is 0 Å². The van der Waals surface area contributed by atoms with Gasteiger partial charge in [0.25, 0.3) is 5.56 Å². The van der Waals surface area contributed by atoms with Crippen molar-refractivity contribution in [1.82, 2.24) is 18.8 Å². The molecular weight excluding hydrogens is 328 g/mol. The van der Waals surface area contributed by atoms with Crippen molar-refractivity contribution in [2.75, 3.05) is 19.3 Å². The molecule has 1 aliphatic heterocycles. The van der Waals surface area contributed by atoms with E-state index in [-0.39, 0.29) is 11.5 Å². The second kappa shape index (κ2) is 6.82. The van der Waals surface area contributed by atoms with Crippen molar-refractivity contribution >= 4 is 10.0 Å². The Morgan fingerprint density at radius 2 is 2.04 bits per heavy atom. The van der Waals surface area contributed by atoms with Gasteiger partial charge in [-0.25, -0.2) is 17.7 Å². The minimum atomic E-state index is -3.12. The first-order valence-electron chi connectivity index (χ1n) is 7.85. The number of nitrogens with zero attached hydrogens (tertiary/aromatic N) is 4. The lowest BCUT2D eigenvalue weighted by molar-refractivity contribution is 0.252. The van der Waals surface area contributed by atoms with E-state index in [4.69, 9.17) is 0 Å². The largest absolute Gasteiger partial charge is 0.299 e. The molecule has 1 saturated heterocycles. The van der Waals surface area contributed by atoms with Crippen molar-refractivity contribution < 1.29 is 8.42 Å². The topological polar surface area (TPSA) is 85.2 Å². The highest BCUT2D eigenvalue weighted by atomic mass is 32.2. The lowest BCUT2D eigenvalue weighted by atomic mass is 9.98. The fraction of sp³-hybridized carbons (Fsp3) is 0.438. The Kier molecular flexibility index (Phi) is 4.77. The molecule has 1 fully saturated rings. The molecule has 24 heavy (non-hydrogen) atoms. The molecule has 0 atom stereocenters. The summed E-state index contributed by atoms with van der Waals surface area (Å²) in [4.78, 5) is 20.7. The van der Waals surface area contributed by atoms with Crippen molar-refractivity contribution in [3.05, 3.63) is 47.3 Å². The third-order valence-electron chi connectivity index (χ3n) is 4.33. The summed E-state index contributed by atoms with van der Waals surface area (Å²) < 4.78 is 26.2. The molecule has 0 bridgehead atoms. The van der Waals surface area contributed by atoms with E-state index in [0.717, 1.165) is 18.4 Å². The second-order valence-corrected chi connectivity index (χ2v) is 8.09. The van der Waals surface area contributed by atoms with Crippen LogP contribution in [0.1, 0.15) is 12.8 Å². The molecule has 0 aromatic carbocycles. The van der Waals surface area contributed by atoms with Crippen molar-refractivity contribution in [2.45, 2.75) is 19.4 Å². The molecule has 1 aliphatic rings. The first-order chi connectivity index (χ1) is 11.4. The molecule has 0 unspecified atom stereocenters. The molecule has 3 heterocycles. The second-order valence-electron chi connectivity index (χ2n) is 6.11. The Morgan fingerprint density at radius 3 is 2.62 bits per heavy atom. The molecule has 2 aromatic rings. The predicted octanol–water partition coefficient (Wildman–Crippen LogP) is 0.977. The Morgan fingerprint density at radius 1 is 1.29 bits per heavy atom. The van der Waals surface area contributed by atoms with E-state index in [1.54, 1.807) is 29.4 Å². The van der Waals surface area contributed by atoms with E-state index in [1.807, 2.05) is 6.07 Å². The van der Waals surface area contributed by atoms with Crippen LogP contribution < -0.4 is 5.56 Å². The summed E-state index contributed by atoms with van der Waals surface area (Å²) >= 11 is 0. The van der Waals surface area contributed by atoms with Crippen LogP contribution >= 0.6 is 0 Å². The summed E-state index contributed by atoms with van der Waals surface area (Å²) in [6, 6.07) is 5.18. The van der Waals surface area contributed by atoms with Crippen LogP contribution in [0.3, 0.4) is 0 Å². The SMILES string of the molecule is CS(=O)(=O)N1CCC(Cn2cnc(-c3cccnc3)cc2=O)CC1. The number of sulfonamides is 1. The number of piperidine rings is 1. The highest BCUT2D eigenvalue weighted by Gasteiger charge is 2.25. The molecule has 2 aromatic heterocycles. The van der Waals surface area contributed by atoms with Gasteiger partial charge in [-0.1, -0.05) is 0 Å². The quantitative estimate of drug-likeness (QED) is 0.822. The van der Waals surface area contributed by atoms with Crippen LogP contribution in [-0.2, 0) is 16.6 Å². The van der Waals surface area contributed by atoms with Crippen LogP contribution in [0.2, 0.25) is 0 Å². The summed E-state index contributed by atoms with van der Waals surface area (Å²) in [5.74, 6) is 0.284. The van der Waals surface area contributed by atoms with Crippen LogP contribution in [0, 0.1) is 5.92 Å². The normalized spacial score (nSPS) is 17.0. The highest BCUT2D eigenvalue weighted by molar-refractivity contribution is 7.88. The molecule has 0 saturated carbocycles. The predicted molar refractivity (Wildman–Crippen MR) is 90.9 cm³/mol. The van der Waals surface area contributed by atoms with E-state index < -0.39 is 10.0 Å². The van der Waals surface area contributed by atoms with Gasteiger partial charge in [0.1, 0.15) is 0 Å². The van der Waals surface area contributed by atoms with Crippen molar-refractivity contribution in [2.24, 2.45) is 5.92 Å². The number of hydrogen-bond donors (Lipinski definition) is 0. The standard InChI is InChI=1S/C16H20N4O3S/c1-24(22,23)20-7-4-13(5-8-20)11-19-12-18-15(9-16(19)21)14-3-2-6-17-10-14/h2-3,6,9-10,12-13H,4-5,7-8,11H2,1H3. The van der Waals surface area contributed by atoms with Gasteiger partial charge in [-0.05, 0) is 30.9 Å². The molecule has 0 radical (unpaired) electrons. The van der Waals surface area contributed by atoms with Crippen molar-refractivity contribution in [3.8, 4) is 11.3 Å². The minimum Gasteiger partial charge on any atom is -0.299 e. The van der Waals surface area contributed by atoms with Gasteiger partial charge in [-0.2, -0.15) is 0 Å². The first-order valence-corrected chi connectivity index (χ1v) is 9.70. The molecule has 3 rings (SSSR count). The molecule has 7 nitrogen and oxygen atoms in total. The average molecular weight is 348 g/mol. The van der Waals surface area contributed by atoms with E-state index in [2.05, 4.69) is 9.97 Å². The third-order valence-corrected chi connectivity index (χ3v) is 5.64. The lowest BCUT2D eigenvalue weighted by Crippen LogP contribution is -2.39. The Balaban J connectivity index is 1.68.